The van der Waals surface area contributed by atoms with Crippen molar-refractivity contribution in [3.63, 3.8) is 0 Å². The van der Waals surface area contributed by atoms with Crippen LogP contribution in [0.5, 0.6) is 0 Å². The van der Waals surface area contributed by atoms with Crippen molar-refractivity contribution in [2.45, 2.75) is 25.5 Å². The van der Waals surface area contributed by atoms with E-state index in [0.29, 0.717) is 0 Å². The predicted octanol–water partition coefficient (Wildman–Crippen LogP) is -1.44. The van der Waals surface area contributed by atoms with Crippen molar-refractivity contribution in [2.24, 2.45) is 0 Å². The van der Waals surface area contributed by atoms with Gasteiger partial charge in [-0.15, -0.1) is 0 Å². The minimum Gasteiger partial charge on any atom is -0.433 e. The molecule has 0 spiro atoms. The summed E-state index contributed by atoms with van der Waals surface area (Å²) in [5.74, 6) is 0. The zero-order chi connectivity index (χ0) is 15.6. The number of ether oxygens (including phenoxy) is 2. The third-order valence-electron chi connectivity index (χ3n) is 2.84. The van der Waals surface area contributed by atoms with E-state index in [1.807, 2.05) is 0 Å². The monoisotopic (exact) mass is 295 g/mol. The molecule has 0 aliphatic carbocycles. The van der Waals surface area contributed by atoms with Gasteiger partial charge in [0, 0.05) is 13.1 Å². The van der Waals surface area contributed by atoms with Crippen LogP contribution in [0.4, 0.5) is 4.79 Å². The van der Waals surface area contributed by atoms with E-state index in [2.05, 4.69) is 0 Å². The van der Waals surface area contributed by atoms with Crippen LogP contribution >= 0.6 is 0 Å². The number of rotatable bonds is 10. The molecule has 20 heavy (non-hydrogen) atoms. The average Bonchev–Trinajstić information content (AvgIpc) is 2.40. The molecular weight excluding hydrogens is 270 g/mol. The van der Waals surface area contributed by atoms with E-state index in [1.54, 1.807) is 13.8 Å². The Labute approximate surface area is 118 Å². The minimum absolute atomic E-state index is 0.0483. The first-order valence-electron chi connectivity index (χ1n) is 6.47. The van der Waals surface area contributed by atoms with Crippen LogP contribution in [-0.2, 0) is 9.47 Å². The smallest absolute Gasteiger partial charge is 0.433 e. The molecule has 0 radical (unpaired) electrons. The average molecular weight is 295 g/mol. The summed E-state index contributed by atoms with van der Waals surface area (Å²) in [6.07, 6.45) is -1.10. The van der Waals surface area contributed by atoms with Crippen LogP contribution in [0.2, 0.25) is 0 Å². The topological polar surface area (TPSA) is 120 Å². The molecule has 0 heterocycles. The number of β-amino-alcohol motifs (C(OH)–C–C–N with tert-alkyl or cyclic N) is 1. The molecule has 4 N–H and O–H groups in total. The van der Waals surface area contributed by atoms with Gasteiger partial charge in [0.1, 0.15) is 6.61 Å². The van der Waals surface area contributed by atoms with Gasteiger partial charge in [-0.05, 0) is 13.8 Å². The molecule has 0 aliphatic rings. The van der Waals surface area contributed by atoms with Gasteiger partial charge < -0.3 is 29.9 Å². The Balaban J connectivity index is 4.44. The van der Waals surface area contributed by atoms with E-state index in [0.717, 1.165) is 0 Å². The van der Waals surface area contributed by atoms with Gasteiger partial charge in [-0.1, -0.05) is 0 Å². The van der Waals surface area contributed by atoms with E-state index in [1.165, 1.54) is 4.90 Å². The van der Waals surface area contributed by atoms with Crippen molar-refractivity contribution in [1.29, 1.82) is 0 Å². The Kier molecular flexibility index (Phi) is 9.43. The maximum absolute atomic E-state index is 11.2. The third kappa shape index (κ3) is 6.02. The third-order valence-corrected chi connectivity index (χ3v) is 2.84. The van der Waals surface area contributed by atoms with Crippen molar-refractivity contribution in [3.8, 4) is 0 Å². The second-order valence-corrected chi connectivity index (χ2v) is 4.67. The lowest BCUT2D eigenvalue weighted by atomic mass is 10.0. The maximum atomic E-state index is 11.2. The Bertz CT molecular complexity index is 260. The highest BCUT2D eigenvalue weighted by Gasteiger charge is 2.35. The van der Waals surface area contributed by atoms with Crippen LogP contribution in [0.25, 0.3) is 0 Å². The number of hydrogen-bond donors (Lipinski definition) is 4. The van der Waals surface area contributed by atoms with Crippen LogP contribution in [0.1, 0.15) is 13.8 Å². The largest absolute Gasteiger partial charge is 0.508 e. The Morgan fingerprint density at radius 3 is 2.05 bits per heavy atom. The summed E-state index contributed by atoms with van der Waals surface area (Å²) in [6, 6.07) is 0. The predicted molar refractivity (Wildman–Crippen MR) is 70.2 cm³/mol. The highest BCUT2D eigenvalue weighted by molar-refractivity contribution is 5.59. The highest BCUT2D eigenvalue weighted by Crippen LogP contribution is 2.13. The number of nitrogens with zero attached hydrogens (tertiary/aromatic N) is 1. The molecular formula is C12H25NO7. The number of carbonyl (C=O) groups is 1. The van der Waals surface area contributed by atoms with E-state index in [-0.39, 0.29) is 32.4 Å². The summed E-state index contributed by atoms with van der Waals surface area (Å²) in [4.78, 5) is 12.7. The second-order valence-electron chi connectivity index (χ2n) is 4.67. The number of carbonyl (C=O) groups excluding carboxylic acids is 1. The summed E-state index contributed by atoms with van der Waals surface area (Å²) in [5, 5.41) is 37.0. The summed E-state index contributed by atoms with van der Waals surface area (Å²) >= 11 is 0. The van der Waals surface area contributed by atoms with Crippen molar-refractivity contribution < 1.29 is 34.7 Å². The summed E-state index contributed by atoms with van der Waals surface area (Å²) < 4.78 is 9.61. The van der Waals surface area contributed by atoms with Gasteiger partial charge in [0.2, 0.25) is 0 Å². The quantitative estimate of drug-likeness (QED) is 0.362. The number of aliphatic hydroxyl groups excluding tert-OH is 4. The molecule has 0 rings (SSSR count). The molecule has 0 aliphatic heterocycles. The molecule has 0 saturated carbocycles. The summed E-state index contributed by atoms with van der Waals surface area (Å²) in [7, 11) is 0. The Morgan fingerprint density at radius 1 is 1.10 bits per heavy atom. The van der Waals surface area contributed by atoms with Crippen molar-refractivity contribution in [2.75, 3.05) is 46.1 Å². The summed E-state index contributed by atoms with van der Waals surface area (Å²) in [6.45, 7) is 1.88. The van der Waals surface area contributed by atoms with Crippen molar-refractivity contribution in [1.82, 2.24) is 4.90 Å². The maximum Gasteiger partial charge on any atom is 0.508 e. The van der Waals surface area contributed by atoms with Crippen LogP contribution in [0.3, 0.4) is 0 Å². The van der Waals surface area contributed by atoms with Crippen LogP contribution < -0.4 is 0 Å². The molecule has 120 valence electrons. The lowest BCUT2D eigenvalue weighted by molar-refractivity contribution is -0.0615. The molecule has 0 saturated heterocycles. The Hall–Kier alpha value is -0.930. The van der Waals surface area contributed by atoms with Gasteiger partial charge in [-0.25, -0.2) is 4.79 Å². The summed E-state index contributed by atoms with van der Waals surface area (Å²) in [5.41, 5.74) is -1.27. The van der Waals surface area contributed by atoms with Gasteiger partial charge in [0.25, 0.3) is 0 Å². The first-order valence-corrected chi connectivity index (χ1v) is 6.47. The zero-order valence-electron chi connectivity index (χ0n) is 12.0. The number of aliphatic hydroxyl groups is 4. The minimum atomic E-state index is -1.27. The first-order chi connectivity index (χ1) is 9.45. The van der Waals surface area contributed by atoms with E-state index >= 15 is 0 Å². The molecule has 8 nitrogen and oxygen atoms in total. The molecule has 0 bridgehead atoms. The van der Waals surface area contributed by atoms with Crippen LogP contribution in [-0.4, -0.2) is 89.2 Å². The highest BCUT2D eigenvalue weighted by atomic mass is 16.7. The standard InChI is InChI=1S/C12H25NO7/c1-10(2)20-11(18)19-6-4-13(3-5-14)12(7-15,8-16)9-17/h10,14-17H,3-9H2,1-2H3. The SMILES string of the molecule is CC(C)OC(=O)OCCN(CCO)C(CO)(CO)CO. The lowest BCUT2D eigenvalue weighted by Gasteiger charge is -2.39. The van der Waals surface area contributed by atoms with Gasteiger partial charge in [-0.3, -0.25) is 4.90 Å². The molecule has 0 aromatic rings. The molecule has 0 amide bonds. The van der Waals surface area contributed by atoms with Gasteiger partial charge in [-0.2, -0.15) is 0 Å². The van der Waals surface area contributed by atoms with E-state index in [4.69, 9.17) is 14.6 Å². The fraction of sp³-hybridized carbons (Fsp3) is 0.917. The normalized spacial score (nSPS) is 12.0. The van der Waals surface area contributed by atoms with E-state index in [9.17, 15) is 20.1 Å². The van der Waals surface area contributed by atoms with E-state index < -0.39 is 31.5 Å². The molecule has 0 fully saturated rings. The fourth-order valence-corrected chi connectivity index (χ4v) is 1.62. The van der Waals surface area contributed by atoms with Gasteiger partial charge >= 0.3 is 6.16 Å². The molecule has 8 heteroatoms. The van der Waals surface area contributed by atoms with Crippen LogP contribution in [0, 0.1) is 0 Å². The lowest BCUT2D eigenvalue weighted by Crippen LogP contribution is -2.58. The fourth-order valence-electron chi connectivity index (χ4n) is 1.62. The van der Waals surface area contributed by atoms with Gasteiger partial charge in [0.15, 0.2) is 0 Å². The molecule has 0 unspecified atom stereocenters. The number of hydrogen-bond acceptors (Lipinski definition) is 8. The second kappa shape index (κ2) is 9.89. The van der Waals surface area contributed by atoms with Crippen molar-refractivity contribution in [3.05, 3.63) is 0 Å². The molecule has 0 atom stereocenters. The molecule has 0 aromatic heterocycles. The van der Waals surface area contributed by atoms with Gasteiger partial charge in [0.05, 0.1) is 38.1 Å². The first kappa shape index (κ1) is 19.1. The zero-order valence-corrected chi connectivity index (χ0v) is 12.0. The van der Waals surface area contributed by atoms with Crippen LogP contribution in [0.15, 0.2) is 0 Å². The Morgan fingerprint density at radius 2 is 1.65 bits per heavy atom. The molecule has 0 aromatic carbocycles. The van der Waals surface area contributed by atoms with Crippen molar-refractivity contribution >= 4 is 6.16 Å².